The number of nitrogens with one attached hydrogen (secondary N) is 2. The van der Waals surface area contributed by atoms with Gasteiger partial charge in [-0.1, -0.05) is 11.3 Å². The number of ether oxygens (including phenoxy) is 1. The van der Waals surface area contributed by atoms with Gasteiger partial charge in [0, 0.05) is 12.2 Å². The molecule has 0 bridgehead atoms. The topological polar surface area (TPSA) is 120 Å². The van der Waals surface area contributed by atoms with Crippen LogP contribution in [-0.4, -0.2) is 42.6 Å². The average Bonchev–Trinajstić information content (AvgIpc) is 3.42. The Hall–Kier alpha value is -3.65. The molecule has 0 spiro atoms. The molecule has 0 fully saturated rings. The van der Waals surface area contributed by atoms with E-state index in [1.165, 1.54) is 29.9 Å². The van der Waals surface area contributed by atoms with Crippen LogP contribution in [-0.2, 0) is 10.9 Å². The van der Waals surface area contributed by atoms with E-state index in [9.17, 15) is 18.0 Å². The molecule has 2 N–H and O–H groups in total. The Balaban J connectivity index is 1.63. The van der Waals surface area contributed by atoms with Gasteiger partial charge in [0.25, 0.3) is 0 Å². The smallest absolute Gasteiger partial charge is 0.374 e. The number of carbonyl (C=O) groups excluding carboxylic acids is 1. The molecule has 2 amide bonds. The second-order valence-corrected chi connectivity index (χ2v) is 8.24. The molecule has 4 rings (SSSR count). The number of anilines is 2. The molecule has 0 aliphatic rings. The predicted molar refractivity (Wildman–Crippen MR) is 119 cm³/mol. The van der Waals surface area contributed by atoms with E-state index in [4.69, 9.17) is 4.74 Å². The van der Waals surface area contributed by atoms with Gasteiger partial charge in [-0.3, -0.25) is 0 Å². The van der Waals surface area contributed by atoms with Crippen molar-refractivity contribution in [2.75, 3.05) is 17.2 Å². The zero-order valence-electron chi connectivity index (χ0n) is 18.2. The normalized spacial score (nSPS) is 12.6. The van der Waals surface area contributed by atoms with Crippen molar-refractivity contribution in [2.24, 2.45) is 0 Å². The first kappa shape index (κ1) is 23.5. The lowest BCUT2D eigenvalue weighted by atomic mass is 10.1. The zero-order chi connectivity index (χ0) is 24.5. The van der Waals surface area contributed by atoms with Crippen molar-refractivity contribution in [1.29, 1.82) is 0 Å². The zero-order valence-corrected chi connectivity index (χ0v) is 19.0. The second kappa shape index (κ2) is 9.30. The number of nitrogens with zero attached hydrogens (tertiary/aromatic N) is 6. The molecule has 0 aromatic carbocycles. The van der Waals surface area contributed by atoms with Gasteiger partial charge < -0.3 is 15.4 Å². The molecule has 1 atom stereocenters. The molecule has 0 radical (unpaired) electrons. The minimum atomic E-state index is -4.75. The highest BCUT2D eigenvalue weighted by molar-refractivity contribution is 7.18. The Kier molecular flexibility index (Phi) is 6.43. The van der Waals surface area contributed by atoms with Crippen LogP contribution in [0.25, 0.3) is 16.2 Å². The lowest BCUT2D eigenvalue weighted by Crippen LogP contribution is -2.22. The van der Waals surface area contributed by atoms with Gasteiger partial charge in [0.15, 0.2) is 5.82 Å². The third-order valence-electron chi connectivity index (χ3n) is 4.68. The van der Waals surface area contributed by atoms with Crippen LogP contribution in [0, 0.1) is 6.92 Å². The summed E-state index contributed by atoms with van der Waals surface area (Å²) in [7, 11) is 0. The molecule has 0 saturated carbocycles. The number of aryl methyl sites for hydroxylation is 1. The molecule has 0 aliphatic carbocycles. The lowest BCUT2D eigenvalue weighted by molar-refractivity contribution is -0.137. The SMILES string of the molecule is CCOC(C)c1c(NC(=O)Nc2cnc(-n3nccn3)c(C(F)(F)F)c2)cnc2sc(C)nc12. The largest absolute Gasteiger partial charge is 0.420 e. The Morgan fingerprint density at radius 3 is 2.62 bits per heavy atom. The standard InChI is InChI=1S/C20H19F3N8O2S/c1-4-33-10(2)15-14(9-25-18-16(15)28-11(3)34-18)30-19(32)29-12-7-13(20(21,22)23)17(24-8-12)31-26-5-6-27-31/h5-10H,4H2,1-3H3,(H2,29,30,32). The monoisotopic (exact) mass is 492 g/mol. The van der Waals surface area contributed by atoms with Crippen LogP contribution in [0.3, 0.4) is 0 Å². The molecular weight excluding hydrogens is 473 g/mol. The van der Waals surface area contributed by atoms with Crippen LogP contribution >= 0.6 is 11.3 Å². The van der Waals surface area contributed by atoms with E-state index in [1.807, 2.05) is 20.8 Å². The number of fused-ring (bicyclic) bond motifs is 1. The molecule has 4 aromatic rings. The van der Waals surface area contributed by atoms with Crippen molar-refractivity contribution in [3.05, 3.63) is 47.0 Å². The van der Waals surface area contributed by atoms with Gasteiger partial charge in [-0.05, 0) is 26.8 Å². The number of halogens is 3. The Morgan fingerprint density at radius 1 is 1.21 bits per heavy atom. The predicted octanol–water partition coefficient (Wildman–Crippen LogP) is 4.74. The van der Waals surface area contributed by atoms with E-state index in [0.29, 0.717) is 28.2 Å². The first-order valence-corrected chi connectivity index (χ1v) is 10.9. The van der Waals surface area contributed by atoms with Gasteiger partial charge in [0.1, 0.15) is 15.9 Å². The number of rotatable bonds is 6. The maximum absolute atomic E-state index is 13.6. The van der Waals surface area contributed by atoms with Crippen molar-refractivity contribution < 1.29 is 22.7 Å². The summed E-state index contributed by atoms with van der Waals surface area (Å²) >= 11 is 1.40. The third kappa shape index (κ3) is 4.82. The summed E-state index contributed by atoms with van der Waals surface area (Å²) < 4.78 is 46.5. The van der Waals surface area contributed by atoms with Crippen molar-refractivity contribution in [3.8, 4) is 5.82 Å². The highest BCUT2D eigenvalue weighted by Crippen LogP contribution is 2.35. The highest BCUT2D eigenvalue weighted by Gasteiger charge is 2.36. The van der Waals surface area contributed by atoms with Crippen LogP contribution in [0.1, 0.15) is 36.1 Å². The molecule has 1 unspecified atom stereocenters. The Bertz CT molecular complexity index is 1320. The molecule has 0 aliphatic heterocycles. The van der Waals surface area contributed by atoms with Crippen molar-refractivity contribution >= 4 is 39.1 Å². The number of hydrogen-bond donors (Lipinski definition) is 2. The lowest BCUT2D eigenvalue weighted by Gasteiger charge is -2.18. The fraction of sp³-hybridized carbons (Fsp3) is 0.300. The minimum absolute atomic E-state index is 0.168. The van der Waals surface area contributed by atoms with Crippen LogP contribution in [0.5, 0.6) is 0 Å². The van der Waals surface area contributed by atoms with Gasteiger partial charge in [-0.15, -0.1) is 4.80 Å². The molecule has 4 heterocycles. The average molecular weight is 492 g/mol. The molecule has 34 heavy (non-hydrogen) atoms. The van der Waals surface area contributed by atoms with Gasteiger partial charge in [-0.2, -0.15) is 23.4 Å². The summed E-state index contributed by atoms with van der Waals surface area (Å²) in [6.45, 7) is 5.93. The van der Waals surface area contributed by atoms with Gasteiger partial charge in [0.2, 0.25) is 0 Å². The van der Waals surface area contributed by atoms with Crippen LogP contribution < -0.4 is 10.6 Å². The van der Waals surface area contributed by atoms with Crippen molar-refractivity contribution in [1.82, 2.24) is 29.9 Å². The Morgan fingerprint density at radius 2 is 1.94 bits per heavy atom. The number of aromatic nitrogens is 6. The number of carbonyl (C=O) groups is 1. The number of alkyl halides is 3. The summed E-state index contributed by atoms with van der Waals surface area (Å²) in [5.74, 6) is -0.509. The van der Waals surface area contributed by atoms with E-state index >= 15 is 0 Å². The molecule has 178 valence electrons. The van der Waals surface area contributed by atoms with Crippen molar-refractivity contribution in [3.63, 3.8) is 0 Å². The number of pyridine rings is 2. The fourth-order valence-electron chi connectivity index (χ4n) is 3.35. The quantitative estimate of drug-likeness (QED) is 0.399. The number of urea groups is 1. The molecule has 14 heteroatoms. The molecule has 10 nitrogen and oxygen atoms in total. The first-order valence-electron chi connectivity index (χ1n) is 10.1. The highest BCUT2D eigenvalue weighted by atomic mass is 32.1. The van der Waals surface area contributed by atoms with Gasteiger partial charge in [0.05, 0.1) is 47.3 Å². The summed E-state index contributed by atoms with van der Waals surface area (Å²) in [6.07, 6.45) is -0.138. The number of thiazole rings is 1. The van der Waals surface area contributed by atoms with E-state index in [2.05, 4.69) is 35.8 Å². The third-order valence-corrected chi connectivity index (χ3v) is 5.56. The van der Waals surface area contributed by atoms with E-state index < -0.39 is 29.7 Å². The second-order valence-electron chi connectivity index (χ2n) is 7.06. The first-order chi connectivity index (χ1) is 16.2. The molecule has 4 aromatic heterocycles. The summed E-state index contributed by atoms with van der Waals surface area (Å²) in [4.78, 5) is 26.7. The Labute approximate surface area is 195 Å². The fourth-order valence-corrected chi connectivity index (χ4v) is 4.12. The summed E-state index contributed by atoms with van der Waals surface area (Å²) in [5.41, 5.74) is 0.281. The molecule has 0 saturated heterocycles. The van der Waals surface area contributed by atoms with Crippen LogP contribution in [0.2, 0.25) is 0 Å². The maximum Gasteiger partial charge on any atom is 0.420 e. The van der Waals surface area contributed by atoms with Crippen molar-refractivity contribution in [2.45, 2.75) is 33.1 Å². The van der Waals surface area contributed by atoms with Gasteiger partial charge in [-0.25, -0.2) is 19.7 Å². The maximum atomic E-state index is 13.6. The van der Waals surface area contributed by atoms with Crippen LogP contribution in [0.15, 0.2) is 30.9 Å². The summed E-state index contributed by atoms with van der Waals surface area (Å²) in [5, 5.41) is 13.2. The van der Waals surface area contributed by atoms with E-state index in [1.54, 1.807) is 0 Å². The van der Waals surface area contributed by atoms with Gasteiger partial charge >= 0.3 is 12.2 Å². The molecular formula is C20H19F3N8O2S. The summed E-state index contributed by atoms with van der Waals surface area (Å²) in [6, 6.07) is -0.0156. The van der Waals surface area contributed by atoms with Crippen LogP contribution in [0.4, 0.5) is 29.3 Å². The minimum Gasteiger partial charge on any atom is -0.374 e. The van der Waals surface area contributed by atoms with E-state index in [0.717, 1.165) is 22.1 Å². The number of amides is 2. The van der Waals surface area contributed by atoms with E-state index in [-0.39, 0.29) is 5.69 Å². The number of hydrogen-bond acceptors (Lipinski definition) is 8.